The Morgan fingerprint density at radius 1 is 1.18 bits per heavy atom. The standard InChI is InChI=1S/C20H20N4O3S/c1-21-19(26)17-9-15(18(25)22-8-7-16-12-28-13-23-16)11-24(20(17)27)10-14-5-3-2-4-6-14/h2-6,9,11-13H,7-8,10H2,1H3,(H,21,26)(H,22,25). The van der Waals surface area contributed by atoms with E-state index in [1.54, 1.807) is 5.51 Å². The monoisotopic (exact) mass is 396 g/mol. The fraction of sp³-hybridized carbons (Fsp3) is 0.200. The van der Waals surface area contributed by atoms with Crippen LogP contribution in [0.1, 0.15) is 32.0 Å². The molecule has 0 aliphatic carbocycles. The number of rotatable bonds is 7. The van der Waals surface area contributed by atoms with E-state index in [1.165, 1.54) is 35.2 Å². The van der Waals surface area contributed by atoms with Gasteiger partial charge >= 0.3 is 0 Å². The summed E-state index contributed by atoms with van der Waals surface area (Å²) in [5.41, 5.74) is 3.30. The first kappa shape index (κ1) is 19.5. The maximum Gasteiger partial charge on any atom is 0.263 e. The lowest BCUT2D eigenvalue weighted by Gasteiger charge is -2.12. The van der Waals surface area contributed by atoms with Gasteiger partial charge < -0.3 is 15.2 Å². The first-order valence-corrected chi connectivity index (χ1v) is 9.68. The SMILES string of the molecule is CNC(=O)c1cc(C(=O)NCCc2cscn2)cn(Cc2ccccc2)c1=O. The molecule has 2 N–H and O–H groups in total. The normalized spacial score (nSPS) is 10.5. The van der Waals surface area contributed by atoms with Crippen molar-refractivity contribution >= 4 is 23.2 Å². The predicted molar refractivity (Wildman–Crippen MR) is 108 cm³/mol. The van der Waals surface area contributed by atoms with Crippen molar-refractivity contribution in [2.75, 3.05) is 13.6 Å². The molecule has 144 valence electrons. The van der Waals surface area contributed by atoms with E-state index >= 15 is 0 Å². The fourth-order valence-electron chi connectivity index (χ4n) is 2.72. The van der Waals surface area contributed by atoms with Gasteiger partial charge in [-0.2, -0.15) is 0 Å². The zero-order valence-corrected chi connectivity index (χ0v) is 16.2. The lowest BCUT2D eigenvalue weighted by Crippen LogP contribution is -2.34. The third-order valence-corrected chi connectivity index (χ3v) is 4.80. The van der Waals surface area contributed by atoms with Crippen LogP contribution in [0.4, 0.5) is 0 Å². The largest absolute Gasteiger partial charge is 0.355 e. The summed E-state index contributed by atoms with van der Waals surface area (Å²) in [6.07, 6.45) is 2.10. The van der Waals surface area contributed by atoms with Crippen molar-refractivity contribution in [3.05, 3.63) is 86.2 Å². The summed E-state index contributed by atoms with van der Waals surface area (Å²) in [7, 11) is 1.45. The van der Waals surface area contributed by atoms with Crippen molar-refractivity contribution in [2.45, 2.75) is 13.0 Å². The van der Waals surface area contributed by atoms with Gasteiger partial charge in [-0.1, -0.05) is 30.3 Å². The predicted octanol–water partition coefficient (Wildman–Crippen LogP) is 1.69. The molecule has 1 aromatic carbocycles. The number of pyridine rings is 1. The Hall–Kier alpha value is -3.26. The van der Waals surface area contributed by atoms with Gasteiger partial charge in [0.1, 0.15) is 5.56 Å². The summed E-state index contributed by atoms with van der Waals surface area (Å²) >= 11 is 1.50. The summed E-state index contributed by atoms with van der Waals surface area (Å²) in [5, 5.41) is 7.19. The molecule has 0 bridgehead atoms. The van der Waals surface area contributed by atoms with Crippen molar-refractivity contribution in [2.24, 2.45) is 0 Å². The first-order chi connectivity index (χ1) is 13.6. The topological polar surface area (TPSA) is 93.1 Å². The van der Waals surface area contributed by atoms with Gasteiger partial charge in [-0.15, -0.1) is 11.3 Å². The number of nitrogens with zero attached hydrogens (tertiary/aromatic N) is 2. The van der Waals surface area contributed by atoms with Crippen LogP contribution in [0, 0.1) is 0 Å². The van der Waals surface area contributed by atoms with Gasteiger partial charge in [0.15, 0.2) is 0 Å². The summed E-state index contributed by atoms with van der Waals surface area (Å²) in [4.78, 5) is 41.6. The van der Waals surface area contributed by atoms with Gasteiger partial charge in [-0.3, -0.25) is 14.4 Å². The molecule has 3 rings (SSSR count). The van der Waals surface area contributed by atoms with E-state index in [-0.39, 0.29) is 23.6 Å². The second-order valence-electron chi connectivity index (χ2n) is 6.13. The quantitative estimate of drug-likeness (QED) is 0.636. The van der Waals surface area contributed by atoms with Crippen molar-refractivity contribution in [3.8, 4) is 0 Å². The van der Waals surface area contributed by atoms with Crippen LogP contribution in [0.25, 0.3) is 0 Å². The Morgan fingerprint density at radius 3 is 2.64 bits per heavy atom. The molecule has 0 saturated heterocycles. The molecule has 2 aromatic heterocycles. The Morgan fingerprint density at radius 2 is 1.96 bits per heavy atom. The third-order valence-electron chi connectivity index (χ3n) is 4.17. The molecule has 7 nitrogen and oxygen atoms in total. The van der Waals surface area contributed by atoms with E-state index in [2.05, 4.69) is 15.6 Å². The van der Waals surface area contributed by atoms with E-state index in [1.807, 2.05) is 35.7 Å². The van der Waals surface area contributed by atoms with Gasteiger partial charge in [0, 0.05) is 31.6 Å². The number of hydrogen-bond donors (Lipinski definition) is 2. The van der Waals surface area contributed by atoms with Gasteiger partial charge in [0.25, 0.3) is 17.4 Å². The van der Waals surface area contributed by atoms with Gasteiger partial charge in [0.2, 0.25) is 0 Å². The number of amides is 2. The molecule has 0 radical (unpaired) electrons. The highest BCUT2D eigenvalue weighted by Crippen LogP contribution is 2.06. The summed E-state index contributed by atoms with van der Waals surface area (Å²) < 4.78 is 1.38. The molecular weight excluding hydrogens is 376 g/mol. The number of carbonyl (C=O) groups is 2. The number of thiazole rings is 1. The molecule has 0 unspecified atom stereocenters. The molecule has 0 atom stereocenters. The highest BCUT2D eigenvalue weighted by Gasteiger charge is 2.17. The second-order valence-corrected chi connectivity index (χ2v) is 6.84. The van der Waals surface area contributed by atoms with Gasteiger partial charge in [-0.05, 0) is 11.6 Å². The molecule has 2 heterocycles. The van der Waals surface area contributed by atoms with Crippen LogP contribution >= 0.6 is 11.3 Å². The molecule has 8 heteroatoms. The van der Waals surface area contributed by atoms with Gasteiger partial charge in [-0.25, -0.2) is 4.98 Å². The van der Waals surface area contributed by atoms with Crippen molar-refractivity contribution in [3.63, 3.8) is 0 Å². The van der Waals surface area contributed by atoms with E-state index < -0.39 is 11.5 Å². The molecule has 0 aliphatic rings. The van der Waals surface area contributed by atoms with Crippen LogP contribution in [-0.4, -0.2) is 35.0 Å². The fourth-order valence-corrected chi connectivity index (χ4v) is 3.31. The number of carbonyl (C=O) groups excluding carboxylic acids is 2. The van der Waals surface area contributed by atoms with Crippen molar-refractivity contribution in [1.29, 1.82) is 0 Å². The molecule has 3 aromatic rings. The average Bonchev–Trinajstić information content (AvgIpc) is 3.23. The Balaban J connectivity index is 1.84. The smallest absolute Gasteiger partial charge is 0.263 e. The molecule has 0 fully saturated rings. The first-order valence-electron chi connectivity index (χ1n) is 8.74. The van der Waals surface area contributed by atoms with E-state index in [0.717, 1.165) is 11.3 Å². The lowest BCUT2D eigenvalue weighted by atomic mass is 10.1. The van der Waals surface area contributed by atoms with Crippen LogP contribution in [-0.2, 0) is 13.0 Å². The van der Waals surface area contributed by atoms with E-state index in [4.69, 9.17) is 0 Å². The molecule has 0 aliphatic heterocycles. The second kappa shape index (κ2) is 9.09. The van der Waals surface area contributed by atoms with Crippen LogP contribution in [0.5, 0.6) is 0 Å². The molecule has 0 saturated carbocycles. The van der Waals surface area contributed by atoms with Crippen LogP contribution in [0.3, 0.4) is 0 Å². The maximum atomic E-state index is 12.7. The minimum Gasteiger partial charge on any atom is -0.355 e. The minimum absolute atomic E-state index is 0.0643. The highest BCUT2D eigenvalue weighted by molar-refractivity contribution is 7.07. The van der Waals surface area contributed by atoms with Crippen molar-refractivity contribution in [1.82, 2.24) is 20.2 Å². The van der Waals surface area contributed by atoms with Crippen molar-refractivity contribution < 1.29 is 9.59 Å². The number of hydrogen-bond acceptors (Lipinski definition) is 5. The zero-order chi connectivity index (χ0) is 19.9. The number of benzene rings is 1. The highest BCUT2D eigenvalue weighted by atomic mass is 32.1. The summed E-state index contributed by atoms with van der Waals surface area (Å²) in [6, 6.07) is 10.7. The molecular formula is C20H20N4O3S. The lowest BCUT2D eigenvalue weighted by molar-refractivity contribution is 0.0953. The summed E-state index contributed by atoms with van der Waals surface area (Å²) in [5.74, 6) is -0.869. The minimum atomic E-state index is -0.524. The summed E-state index contributed by atoms with van der Waals surface area (Å²) in [6.45, 7) is 0.680. The van der Waals surface area contributed by atoms with Crippen LogP contribution in [0.2, 0.25) is 0 Å². The number of aromatic nitrogens is 2. The Labute approximate surface area is 166 Å². The number of nitrogens with one attached hydrogen (secondary N) is 2. The van der Waals surface area contributed by atoms with Crippen LogP contribution < -0.4 is 16.2 Å². The van der Waals surface area contributed by atoms with Crippen LogP contribution in [0.15, 0.2) is 58.3 Å². The Kier molecular flexibility index (Phi) is 6.33. The van der Waals surface area contributed by atoms with Gasteiger partial charge in [0.05, 0.1) is 23.3 Å². The molecule has 2 amide bonds. The average molecular weight is 396 g/mol. The third kappa shape index (κ3) is 4.72. The van der Waals surface area contributed by atoms with E-state index in [9.17, 15) is 14.4 Å². The van der Waals surface area contributed by atoms with E-state index in [0.29, 0.717) is 13.0 Å². The molecule has 0 spiro atoms. The zero-order valence-electron chi connectivity index (χ0n) is 15.3. The molecule has 28 heavy (non-hydrogen) atoms. The maximum absolute atomic E-state index is 12.7. The Bertz CT molecular complexity index is 1010.